The summed E-state index contributed by atoms with van der Waals surface area (Å²) in [5, 5.41) is 0. The van der Waals surface area contributed by atoms with Crippen LogP contribution in [-0.2, 0) is 5.75 Å². The fourth-order valence-corrected chi connectivity index (χ4v) is 3.67. The SMILES string of the molecule is COc1ccc(SCc2cc(C(=O)NN)sc2C)cc1. The van der Waals surface area contributed by atoms with Gasteiger partial charge in [0.05, 0.1) is 12.0 Å². The maximum Gasteiger partial charge on any atom is 0.275 e. The number of rotatable bonds is 5. The molecular weight excluding hydrogens is 292 g/mol. The van der Waals surface area contributed by atoms with Gasteiger partial charge < -0.3 is 4.74 Å². The molecule has 0 saturated carbocycles. The highest BCUT2D eigenvalue weighted by atomic mass is 32.2. The molecule has 1 aromatic carbocycles. The van der Waals surface area contributed by atoms with Crippen molar-refractivity contribution in [2.75, 3.05) is 7.11 Å². The number of nitrogens with two attached hydrogens (primary N) is 1. The first-order chi connectivity index (χ1) is 9.63. The van der Waals surface area contributed by atoms with Gasteiger partial charge in [-0.15, -0.1) is 23.1 Å². The van der Waals surface area contributed by atoms with Crippen LogP contribution in [-0.4, -0.2) is 13.0 Å². The first-order valence-electron chi connectivity index (χ1n) is 6.01. The van der Waals surface area contributed by atoms with Gasteiger partial charge >= 0.3 is 0 Å². The lowest BCUT2D eigenvalue weighted by molar-refractivity contribution is 0.0957. The second-order valence-electron chi connectivity index (χ2n) is 4.13. The molecule has 106 valence electrons. The molecule has 2 rings (SSSR count). The summed E-state index contributed by atoms with van der Waals surface area (Å²) in [7, 11) is 1.65. The molecule has 0 fully saturated rings. The Kier molecular flexibility index (Phi) is 5.05. The molecule has 3 N–H and O–H groups in total. The van der Waals surface area contributed by atoms with Crippen molar-refractivity contribution >= 4 is 29.0 Å². The van der Waals surface area contributed by atoms with E-state index in [2.05, 4.69) is 5.43 Å². The number of carbonyl (C=O) groups is 1. The van der Waals surface area contributed by atoms with Crippen molar-refractivity contribution < 1.29 is 9.53 Å². The maximum atomic E-state index is 11.5. The molecule has 0 bridgehead atoms. The standard InChI is InChI=1S/C14H16N2O2S2/c1-9-10(7-13(20-9)14(17)16-15)8-19-12-5-3-11(18-2)4-6-12/h3-7H,8,15H2,1-2H3,(H,16,17). The average molecular weight is 308 g/mol. The van der Waals surface area contributed by atoms with E-state index in [0.717, 1.165) is 21.9 Å². The number of amides is 1. The van der Waals surface area contributed by atoms with Crippen molar-refractivity contribution in [1.29, 1.82) is 0 Å². The summed E-state index contributed by atoms with van der Waals surface area (Å²) in [5.74, 6) is 6.58. The van der Waals surface area contributed by atoms with Gasteiger partial charge in [-0.05, 0) is 42.8 Å². The van der Waals surface area contributed by atoms with Gasteiger partial charge in [0, 0.05) is 15.5 Å². The summed E-state index contributed by atoms with van der Waals surface area (Å²) in [6, 6.07) is 9.84. The van der Waals surface area contributed by atoms with E-state index in [4.69, 9.17) is 10.6 Å². The predicted octanol–water partition coefficient (Wildman–Crippen LogP) is 2.96. The van der Waals surface area contributed by atoms with E-state index in [-0.39, 0.29) is 5.91 Å². The first kappa shape index (κ1) is 14.9. The molecule has 0 atom stereocenters. The van der Waals surface area contributed by atoms with Gasteiger partial charge in [0.1, 0.15) is 5.75 Å². The Morgan fingerprint density at radius 3 is 2.70 bits per heavy atom. The van der Waals surface area contributed by atoms with Crippen molar-refractivity contribution in [2.45, 2.75) is 17.6 Å². The van der Waals surface area contributed by atoms with Gasteiger partial charge in [-0.1, -0.05) is 0 Å². The lowest BCUT2D eigenvalue weighted by Crippen LogP contribution is -2.29. The van der Waals surface area contributed by atoms with Gasteiger partial charge in [-0.25, -0.2) is 5.84 Å². The third-order valence-corrected chi connectivity index (χ3v) is 4.98. The van der Waals surface area contributed by atoms with E-state index >= 15 is 0 Å². The predicted molar refractivity (Wildman–Crippen MR) is 83.3 cm³/mol. The zero-order valence-corrected chi connectivity index (χ0v) is 12.9. The van der Waals surface area contributed by atoms with Crippen LogP contribution in [0.15, 0.2) is 35.2 Å². The van der Waals surface area contributed by atoms with Gasteiger partial charge in [0.2, 0.25) is 0 Å². The molecule has 4 nitrogen and oxygen atoms in total. The summed E-state index contributed by atoms with van der Waals surface area (Å²) in [5.41, 5.74) is 3.32. The van der Waals surface area contributed by atoms with Crippen LogP contribution in [0.3, 0.4) is 0 Å². The molecule has 1 amide bonds. The summed E-state index contributed by atoms with van der Waals surface area (Å²) in [6.07, 6.45) is 0. The number of hydrazine groups is 1. The third kappa shape index (κ3) is 3.53. The fourth-order valence-electron chi connectivity index (χ4n) is 1.68. The molecule has 0 radical (unpaired) electrons. The monoisotopic (exact) mass is 308 g/mol. The number of carbonyl (C=O) groups excluding carboxylic acids is 1. The Balaban J connectivity index is 2.02. The van der Waals surface area contributed by atoms with Gasteiger partial charge in [0.15, 0.2) is 0 Å². The van der Waals surface area contributed by atoms with Crippen molar-refractivity contribution in [3.8, 4) is 5.75 Å². The van der Waals surface area contributed by atoms with E-state index in [9.17, 15) is 4.79 Å². The number of thiophene rings is 1. The minimum Gasteiger partial charge on any atom is -0.497 e. The van der Waals surface area contributed by atoms with E-state index in [1.807, 2.05) is 37.3 Å². The van der Waals surface area contributed by atoms with Crippen molar-refractivity contribution in [1.82, 2.24) is 5.43 Å². The number of benzene rings is 1. The molecule has 20 heavy (non-hydrogen) atoms. The zero-order chi connectivity index (χ0) is 14.5. The summed E-state index contributed by atoms with van der Waals surface area (Å²) in [6.45, 7) is 2.02. The largest absolute Gasteiger partial charge is 0.497 e. The molecule has 1 heterocycles. The van der Waals surface area contributed by atoms with Gasteiger partial charge in [0.25, 0.3) is 5.91 Å². The maximum absolute atomic E-state index is 11.5. The third-order valence-electron chi connectivity index (χ3n) is 2.83. The molecule has 0 aliphatic heterocycles. The van der Waals surface area contributed by atoms with Gasteiger partial charge in [-0.2, -0.15) is 0 Å². The van der Waals surface area contributed by atoms with E-state index in [1.165, 1.54) is 16.2 Å². The fraction of sp³-hybridized carbons (Fsp3) is 0.214. The second-order valence-corrected chi connectivity index (χ2v) is 6.43. The first-order valence-corrected chi connectivity index (χ1v) is 7.81. The summed E-state index contributed by atoms with van der Waals surface area (Å²) >= 11 is 3.19. The second kappa shape index (κ2) is 6.78. The van der Waals surface area contributed by atoms with Crippen LogP contribution < -0.4 is 16.0 Å². The van der Waals surface area contributed by atoms with E-state index in [1.54, 1.807) is 18.9 Å². The minimum absolute atomic E-state index is 0.237. The number of methoxy groups -OCH3 is 1. The van der Waals surface area contributed by atoms with Crippen LogP contribution in [0.1, 0.15) is 20.1 Å². The minimum atomic E-state index is -0.237. The molecule has 0 unspecified atom stereocenters. The van der Waals surface area contributed by atoms with Crippen LogP contribution in [0.25, 0.3) is 0 Å². The highest BCUT2D eigenvalue weighted by Gasteiger charge is 2.11. The highest BCUT2D eigenvalue weighted by Crippen LogP contribution is 2.29. The Morgan fingerprint density at radius 1 is 1.40 bits per heavy atom. The smallest absolute Gasteiger partial charge is 0.275 e. The van der Waals surface area contributed by atoms with Crippen LogP contribution in [0.2, 0.25) is 0 Å². The van der Waals surface area contributed by atoms with Crippen molar-refractivity contribution in [2.24, 2.45) is 5.84 Å². The Morgan fingerprint density at radius 2 is 2.10 bits per heavy atom. The Bertz CT molecular complexity index is 594. The number of hydrogen-bond donors (Lipinski definition) is 2. The highest BCUT2D eigenvalue weighted by molar-refractivity contribution is 7.98. The van der Waals surface area contributed by atoms with E-state index in [0.29, 0.717) is 4.88 Å². The van der Waals surface area contributed by atoms with Gasteiger partial charge in [-0.3, -0.25) is 10.2 Å². The molecule has 1 aromatic heterocycles. The molecule has 0 saturated heterocycles. The molecule has 0 spiro atoms. The molecule has 6 heteroatoms. The molecule has 2 aromatic rings. The van der Waals surface area contributed by atoms with Crippen LogP contribution in [0.5, 0.6) is 5.75 Å². The van der Waals surface area contributed by atoms with E-state index < -0.39 is 0 Å². The lowest BCUT2D eigenvalue weighted by Gasteiger charge is -2.03. The number of nitrogens with one attached hydrogen (secondary N) is 1. The number of ether oxygens (including phenoxy) is 1. The lowest BCUT2D eigenvalue weighted by atomic mass is 10.3. The molecular formula is C14H16N2O2S2. The Hall–Kier alpha value is -1.50. The molecule has 0 aliphatic rings. The average Bonchev–Trinajstić information content (AvgIpc) is 2.86. The van der Waals surface area contributed by atoms with Crippen molar-refractivity contribution in [3.05, 3.63) is 45.6 Å². The topological polar surface area (TPSA) is 64.3 Å². The summed E-state index contributed by atoms with van der Waals surface area (Å²) < 4.78 is 5.13. The number of nitrogen functional groups attached to an aromatic ring is 1. The zero-order valence-electron chi connectivity index (χ0n) is 11.3. The van der Waals surface area contributed by atoms with Crippen LogP contribution in [0.4, 0.5) is 0 Å². The molecule has 0 aliphatic carbocycles. The number of hydrogen-bond acceptors (Lipinski definition) is 5. The van der Waals surface area contributed by atoms with Crippen LogP contribution >= 0.6 is 23.1 Å². The van der Waals surface area contributed by atoms with Crippen LogP contribution in [0, 0.1) is 6.92 Å². The number of thioether (sulfide) groups is 1. The number of aryl methyl sites for hydroxylation is 1. The quantitative estimate of drug-likeness (QED) is 0.386. The normalized spacial score (nSPS) is 10.3. The van der Waals surface area contributed by atoms with Crippen molar-refractivity contribution in [3.63, 3.8) is 0 Å². The summed E-state index contributed by atoms with van der Waals surface area (Å²) in [4.78, 5) is 14.4. The Labute approximate surface area is 126 Å².